The van der Waals surface area contributed by atoms with E-state index in [0.29, 0.717) is 12.5 Å². The van der Waals surface area contributed by atoms with Crippen molar-refractivity contribution in [3.05, 3.63) is 35.9 Å². The number of hydrogen-bond acceptors (Lipinski definition) is 2. The average molecular weight is 395 g/mol. The zero-order valence-electron chi connectivity index (χ0n) is 17.5. The minimum atomic E-state index is -0.977. The number of halogens is 2. The fourth-order valence-corrected chi connectivity index (χ4v) is 3.80. The van der Waals surface area contributed by atoms with Gasteiger partial charge < -0.3 is 9.47 Å². The second kappa shape index (κ2) is 12.8. The summed E-state index contributed by atoms with van der Waals surface area (Å²) in [5.74, 6) is -0.590. The molecule has 0 heterocycles. The number of rotatable bonds is 12. The van der Waals surface area contributed by atoms with Crippen molar-refractivity contribution in [1.29, 1.82) is 0 Å². The van der Waals surface area contributed by atoms with E-state index in [1.165, 1.54) is 63.5 Å². The van der Waals surface area contributed by atoms with Crippen molar-refractivity contribution in [1.82, 2.24) is 0 Å². The molecular weight excluding hydrogens is 358 g/mol. The van der Waals surface area contributed by atoms with Gasteiger partial charge in [-0.2, -0.15) is 8.78 Å². The second-order valence-corrected chi connectivity index (χ2v) is 7.91. The third-order valence-electron chi connectivity index (χ3n) is 5.62. The molecule has 158 valence electrons. The van der Waals surface area contributed by atoms with Crippen molar-refractivity contribution >= 4 is 0 Å². The first-order valence-corrected chi connectivity index (χ1v) is 11.1. The van der Waals surface area contributed by atoms with Crippen molar-refractivity contribution in [2.24, 2.45) is 11.8 Å². The lowest BCUT2D eigenvalue weighted by atomic mass is 9.79. The fraction of sp³-hybridized carbons (Fsp3) is 0.667. The molecule has 2 nitrogen and oxygen atoms in total. The summed E-state index contributed by atoms with van der Waals surface area (Å²) in [4.78, 5) is 0. The molecule has 1 aromatic rings. The Kier molecular flexibility index (Phi) is 10.4. The standard InChI is InChI=1S/C24H36F2O2/c1-3-5-7-9-19-11-13-20(14-12-19)10-8-18-28-22-16-15-21(23(25)24(22)26)27-17-6-4-2/h8,10,15-16,19-20H,3-7,9,11-14,17-18H2,1-2H3/b10-8+. The minimum Gasteiger partial charge on any atom is -0.490 e. The maximum absolute atomic E-state index is 14.1. The highest BCUT2D eigenvalue weighted by Crippen LogP contribution is 2.33. The molecule has 0 atom stereocenters. The topological polar surface area (TPSA) is 18.5 Å². The first-order chi connectivity index (χ1) is 13.7. The summed E-state index contributed by atoms with van der Waals surface area (Å²) in [6.45, 7) is 4.91. The predicted molar refractivity (Wildman–Crippen MR) is 111 cm³/mol. The Morgan fingerprint density at radius 3 is 2.18 bits per heavy atom. The summed E-state index contributed by atoms with van der Waals surface area (Å²) in [5.41, 5.74) is 0. The van der Waals surface area contributed by atoms with E-state index in [-0.39, 0.29) is 18.1 Å². The van der Waals surface area contributed by atoms with E-state index < -0.39 is 11.6 Å². The maximum Gasteiger partial charge on any atom is 0.204 e. The van der Waals surface area contributed by atoms with Crippen molar-refractivity contribution in [2.75, 3.05) is 13.2 Å². The molecule has 0 aliphatic heterocycles. The lowest BCUT2D eigenvalue weighted by Gasteiger charge is -2.26. The van der Waals surface area contributed by atoms with Crippen LogP contribution in [0.1, 0.15) is 78.1 Å². The molecule has 1 aliphatic carbocycles. The van der Waals surface area contributed by atoms with Crippen LogP contribution in [0.2, 0.25) is 0 Å². The molecule has 0 aromatic heterocycles. The SMILES string of the molecule is CCCCCC1CCC(/C=C/COc2ccc(OCCCC)c(F)c2F)CC1. The van der Waals surface area contributed by atoms with E-state index in [4.69, 9.17) is 9.47 Å². The predicted octanol–water partition coefficient (Wildman–Crippen LogP) is 7.47. The van der Waals surface area contributed by atoms with Crippen molar-refractivity contribution in [3.8, 4) is 11.5 Å². The number of benzene rings is 1. The summed E-state index contributed by atoms with van der Waals surface area (Å²) >= 11 is 0. The van der Waals surface area contributed by atoms with Crippen LogP contribution in [0.4, 0.5) is 8.78 Å². The van der Waals surface area contributed by atoms with Crippen LogP contribution < -0.4 is 9.47 Å². The molecule has 0 radical (unpaired) electrons. The van der Waals surface area contributed by atoms with Crippen LogP contribution in [0, 0.1) is 23.5 Å². The van der Waals surface area contributed by atoms with Crippen LogP contribution in [-0.4, -0.2) is 13.2 Å². The highest BCUT2D eigenvalue weighted by Gasteiger charge is 2.19. The highest BCUT2D eigenvalue weighted by molar-refractivity contribution is 5.35. The maximum atomic E-state index is 14.1. The molecule has 2 rings (SSSR count). The third kappa shape index (κ3) is 7.44. The second-order valence-electron chi connectivity index (χ2n) is 7.91. The van der Waals surface area contributed by atoms with Gasteiger partial charge in [0, 0.05) is 0 Å². The van der Waals surface area contributed by atoms with Crippen LogP contribution >= 0.6 is 0 Å². The summed E-state index contributed by atoms with van der Waals surface area (Å²) in [5, 5.41) is 0. The summed E-state index contributed by atoms with van der Waals surface area (Å²) in [6, 6.07) is 2.88. The molecule has 1 aliphatic rings. The van der Waals surface area contributed by atoms with E-state index in [1.807, 2.05) is 13.0 Å². The lowest BCUT2D eigenvalue weighted by Crippen LogP contribution is -2.13. The van der Waals surface area contributed by atoms with Gasteiger partial charge in [-0.3, -0.25) is 0 Å². The van der Waals surface area contributed by atoms with Crippen LogP contribution in [0.3, 0.4) is 0 Å². The van der Waals surface area contributed by atoms with Crippen LogP contribution in [-0.2, 0) is 0 Å². The number of allylic oxidation sites excluding steroid dienone is 1. The molecule has 28 heavy (non-hydrogen) atoms. The molecule has 4 heteroatoms. The van der Waals surface area contributed by atoms with Gasteiger partial charge in [0.05, 0.1) is 6.61 Å². The van der Waals surface area contributed by atoms with Crippen molar-refractivity contribution < 1.29 is 18.3 Å². The Balaban J connectivity index is 1.72. The lowest BCUT2D eigenvalue weighted by molar-refractivity contribution is 0.279. The first-order valence-electron chi connectivity index (χ1n) is 11.1. The van der Waals surface area contributed by atoms with E-state index in [1.54, 1.807) is 0 Å². The highest BCUT2D eigenvalue weighted by atomic mass is 19.2. The Morgan fingerprint density at radius 1 is 0.893 bits per heavy atom. The van der Waals surface area contributed by atoms with E-state index in [9.17, 15) is 8.78 Å². The van der Waals surface area contributed by atoms with E-state index >= 15 is 0 Å². The summed E-state index contributed by atoms with van der Waals surface area (Å²) < 4.78 is 38.9. The van der Waals surface area contributed by atoms with Crippen LogP contribution in [0.15, 0.2) is 24.3 Å². The largest absolute Gasteiger partial charge is 0.490 e. The third-order valence-corrected chi connectivity index (χ3v) is 5.62. The molecule has 1 saturated carbocycles. The number of unbranched alkanes of at least 4 members (excludes halogenated alkanes) is 3. The molecular formula is C24H36F2O2. The quantitative estimate of drug-likeness (QED) is 0.270. The number of hydrogen-bond donors (Lipinski definition) is 0. The van der Waals surface area contributed by atoms with E-state index in [0.717, 1.165) is 18.8 Å². The van der Waals surface area contributed by atoms with Gasteiger partial charge >= 0.3 is 0 Å². The van der Waals surface area contributed by atoms with Gasteiger partial charge in [0.1, 0.15) is 6.61 Å². The molecule has 0 N–H and O–H groups in total. The van der Waals surface area contributed by atoms with Crippen molar-refractivity contribution in [2.45, 2.75) is 78.1 Å². The summed E-state index contributed by atoms with van der Waals surface area (Å²) in [7, 11) is 0. The molecule has 0 amide bonds. The Labute approximate surface area is 169 Å². The fourth-order valence-electron chi connectivity index (χ4n) is 3.80. The first kappa shape index (κ1) is 22.7. The van der Waals surface area contributed by atoms with Gasteiger partial charge in [-0.25, -0.2) is 0 Å². The van der Waals surface area contributed by atoms with Crippen LogP contribution in [0.5, 0.6) is 11.5 Å². The van der Waals surface area contributed by atoms with Gasteiger partial charge in [-0.15, -0.1) is 0 Å². The Hall–Kier alpha value is -1.58. The van der Waals surface area contributed by atoms with Gasteiger partial charge in [0.15, 0.2) is 11.5 Å². The molecule has 0 bridgehead atoms. The van der Waals surface area contributed by atoms with E-state index in [2.05, 4.69) is 13.0 Å². The molecule has 0 saturated heterocycles. The van der Waals surface area contributed by atoms with Crippen LogP contribution in [0.25, 0.3) is 0 Å². The summed E-state index contributed by atoms with van der Waals surface area (Å²) in [6.07, 6.45) is 16.3. The average Bonchev–Trinajstić information content (AvgIpc) is 2.71. The zero-order valence-corrected chi connectivity index (χ0v) is 17.5. The van der Waals surface area contributed by atoms with Gasteiger partial charge in [-0.1, -0.05) is 58.1 Å². The Morgan fingerprint density at radius 2 is 1.54 bits per heavy atom. The molecule has 0 unspecified atom stereocenters. The smallest absolute Gasteiger partial charge is 0.204 e. The molecule has 1 fully saturated rings. The molecule has 1 aromatic carbocycles. The molecule has 0 spiro atoms. The Bertz CT molecular complexity index is 593. The van der Waals surface area contributed by atoms with Gasteiger partial charge in [0.25, 0.3) is 0 Å². The monoisotopic (exact) mass is 394 g/mol. The van der Waals surface area contributed by atoms with Gasteiger partial charge in [0.2, 0.25) is 11.6 Å². The minimum absolute atomic E-state index is 0.0514. The number of ether oxygens (including phenoxy) is 2. The normalized spacial score (nSPS) is 19.9. The zero-order chi connectivity index (χ0) is 20.2. The van der Waals surface area contributed by atoms with Crippen molar-refractivity contribution in [3.63, 3.8) is 0 Å². The van der Waals surface area contributed by atoms with Gasteiger partial charge in [-0.05, 0) is 56.1 Å².